The molecular weight excluding hydrogens is 483 g/mol. The Balaban J connectivity index is 1.95. The molecule has 9 heteroatoms. The van der Waals surface area contributed by atoms with Crippen molar-refractivity contribution in [3.8, 4) is 5.75 Å². The Bertz CT molecular complexity index is 1230. The van der Waals surface area contributed by atoms with Crippen molar-refractivity contribution in [3.63, 3.8) is 0 Å². The maximum absolute atomic E-state index is 13.7. The number of nitrogens with zero attached hydrogens (tertiary/aromatic N) is 1. The maximum Gasteiger partial charge on any atom is 0.268 e. The van der Waals surface area contributed by atoms with E-state index in [1.165, 1.54) is 13.2 Å². The van der Waals surface area contributed by atoms with Gasteiger partial charge in [0.25, 0.3) is 10.0 Å². The number of hydrogen-bond donors (Lipinski definition) is 1. The van der Waals surface area contributed by atoms with Gasteiger partial charge in [-0.2, -0.15) is 0 Å². The zero-order valence-corrected chi connectivity index (χ0v) is 20.7. The van der Waals surface area contributed by atoms with E-state index in [-0.39, 0.29) is 16.7 Å². The van der Waals surface area contributed by atoms with E-state index in [2.05, 4.69) is 5.32 Å². The van der Waals surface area contributed by atoms with Crippen LogP contribution in [0.25, 0.3) is 0 Å². The number of carbonyl (C=O) groups excluding carboxylic acids is 1. The van der Waals surface area contributed by atoms with Crippen LogP contribution in [-0.4, -0.2) is 28.0 Å². The second kappa shape index (κ2) is 10.5. The van der Waals surface area contributed by atoms with Gasteiger partial charge < -0.3 is 10.1 Å². The second-order valence-electron chi connectivity index (χ2n) is 7.48. The van der Waals surface area contributed by atoms with Crippen molar-refractivity contribution >= 4 is 44.8 Å². The number of aryl methyl sites for hydroxylation is 1. The van der Waals surface area contributed by atoms with Gasteiger partial charge in [-0.05, 0) is 73.5 Å². The van der Waals surface area contributed by atoms with Gasteiger partial charge in [0, 0.05) is 10.0 Å². The first-order valence-corrected chi connectivity index (χ1v) is 12.3. The van der Waals surface area contributed by atoms with Crippen molar-refractivity contribution in [1.29, 1.82) is 0 Å². The number of carbonyl (C=O) groups is 1. The number of amides is 1. The molecule has 0 aliphatic heterocycles. The van der Waals surface area contributed by atoms with Gasteiger partial charge in [0.05, 0.1) is 18.8 Å². The molecule has 0 aliphatic rings. The molecule has 3 aromatic rings. The standard InChI is InChI=1S/C24H24Cl2N2O4S/c1-16-4-13-22(32-3)23(14-16)33(30,31)28(21-11-9-20(26)10-12-21)15-24(29)27-17(2)18-5-7-19(25)8-6-18/h4-14,17H,15H2,1-3H3,(H,27,29)/t17-/m0/s1. The molecule has 3 rings (SSSR count). The first-order chi connectivity index (χ1) is 15.6. The summed E-state index contributed by atoms with van der Waals surface area (Å²) in [5.41, 5.74) is 1.89. The van der Waals surface area contributed by atoms with Crippen LogP contribution in [0.5, 0.6) is 5.75 Å². The van der Waals surface area contributed by atoms with E-state index >= 15 is 0 Å². The van der Waals surface area contributed by atoms with Gasteiger partial charge in [0.1, 0.15) is 17.2 Å². The van der Waals surface area contributed by atoms with Crippen molar-refractivity contribution in [2.75, 3.05) is 18.0 Å². The first kappa shape index (κ1) is 24.9. The highest BCUT2D eigenvalue weighted by Gasteiger charge is 2.30. The number of benzene rings is 3. The monoisotopic (exact) mass is 506 g/mol. The van der Waals surface area contributed by atoms with Gasteiger partial charge in [0.2, 0.25) is 5.91 Å². The second-order valence-corrected chi connectivity index (χ2v) is 10.2. The number of methoxy groups -OCH3 is 1. The molecule has 0 fully saturated rings. The Morgan fingerprint density at radius 3 is 2.15 bits per heavy atom. The number of nitrogens with one attached hydrogen (secondary N) is 1. The summed E-state index contributed by atoms with van der Waals surface area (Å²) < 4.78 is 33.7. The van der Waals surface area contributed by atoms with E-state index in [9.17, 15) is 13.2 Å². The smallest absolute Gasteiger partial charge is 0.268 e. The zero-order valence-electron chi connectivity index (χ0n) is 18.4. The lowest BCUT2D eigenvalue weighted by Gasteiger charge is -2.26. The summed E-state index contributed by atoms with van der Waals surface area (Å²) in [6.45, 7) is 3.16. The molecule has 0 saturated heterocycles. The minimum atomic E-state index is -4.15. The fourth-order valence-corrected chi connectivity index (χ4v) is 5.20. The molecule has 1 atom stereocenters. The topological polar surface area (TPSA) is 75.7 Å². The minimum Gasteiger partial charge on any atom is -0.495 e. The molecule has 0 radical (unpaired) electrons. The fraction of sp³-hybridized carbons (Fsp3) is 0.208. The Hall–Kier alpha value is -2.74. The minimum absolute atomic E-state index is 0.0292. The van der Waals surface area contributed by atoms with Crippen LogP contribution in [0.4, 0.5) is 5.69 Å². The summed E-state index contributed by atoms with van der Waals surface area (Å²) in [4.78, 5) is 12.9. The molecular formula is C24H24Cl2N2O4S. The first-order valence-electron chi connectivity index (χ1n) is 10.1. The Morgan fingerprint density at radius 1 is 1.00 bits per heavy atom. The predicted molar refractivity (Wildman–Crippen MR) is 132 cm³/mol. The lowest BCUT2D eigenvalue weighted by molar-refractivity contribution is -0.120. The van der Waals surface area contributed by atoms with Crippen molar-refractivity contribution < 1.29 is 17.9 Å². The highest BCUT2D eigenvalue weighted by atomic mass is 35.5. The van der Waals surface area contributed by atoms with Crippen LogP contribution in [0, 0.1) is 6.92 Å². The van der Waals surface area contributed by atoms with E-state index in [0.717, 1.165) is 15.4 Å². The van der Waals surface area contributed by atoms with Crippen molar-refractivity contribution in [1.82, 2.24) is 5.32 Å². The van der Waals surface area contributed by atoms with Gasteiger partial charge in [-0.1, -0.05) is 41.4 Å². The summed E-state index contributed by atoms with van der Waals surface area (Å²) in [6.07, 6.45) is 0. The van der Waals surface area contributed by atoms with Crippen LogP contribution in [0.1, 0.15) is 24.1 Å². The molecule has 1 amide bonds. The van der Waals surface area contributed by atoms with E-state index in [0.29, 0.717) is 15.7 Å². The fourth-order valence-electron chi connectivity index (χ4n) is 3.28. The third-order valence-corrected chi connectivity index (χ3v) is 7.34. The van der Waals surface area contributed by atoms with Gasteiger partial charge in [0.15, 0.2) is 0 Å². The summed E-state index contributed by atoms with van der Waals surface area (Å²) in [7, 11) is -2.75. The largest absolute Gasteiger partial charge is 0.495 e. The number of hydrogen-bond acceptors (Lipinski definition) is 4. The Labute approximate surface area is 204 Å². The van der Waals surface area contributed by atoms with Gasteiger partial charge in [-0.3, -0.25) is 9.10 Å². The molecule has 0 aliphatic carbocycles. The third-order valence-electron chi connectivity index (χ3n) is 5.04. The maximum atomic E-state index is 13.7. The molecule has 3 aromatic carbocycles. The molecule has 0 saturated carbocycles. The Kier molecular flexibility index (Phi) is 7.89. The van der Waals surface area contributed by atoms with Gasteiger partial charge in [-0.15, -0.1) is 0 Å². The molecule has 1 N–H and O–H groups in total. The molecule has 33 heavy (non-hydrogen) atoms. The normalized spacial score (nSPS) is 12.2. The van der Waals surface area contributed by atoms with Gasteiger partial charge >= 0.3 is 0 Å². The summed E-state index contributed by atoms with van der Waals surface area (Å²) in [5, 5.41) is 3.88. The van der Waals surface area contributed by atoms with E-state index in [1.54, 1.807) is 67.6 Å². The van der Waals surface area contributed by atoms with E-state index < -0.39 is 22.5 Å². The van der Waals surface area contributed by atoms with Crippen LogP contribution in [0.2, 0.25) is 10.0 Å². The molecule has 0 unspecified atom stereocenters. The molecule has 6 nitrogen and oxygen atoms in total. The average molecular weight is 507 g/mol. The quantitative estimate of drug-likeness (QED) is 0.444. The zero-order chi connectivity index (χ0) is 24.2. The number of ether oxygens (including phenoxy) is 1. The molecule has 0 heterocycles. The molecule has 0 spiro atoms. The van der Waals surface area contributed by atoms with Crippen LogP contribution >= 0.6 is 23.2 Å². The number of anilines is 1. The molecule has 0 bridgehead atoms. The molecule has 174 valence electrons. The van der Waals surface area contributed by atoms with Crippen LogP contribution < -0.4 is 14.4 Å². The highest BCUT2D eigenvalue weighted by Crippen LogP contribution is 2.31. The van der Waals surface area contributed by atoms with Crippen molar-refractivity contribution in [2.45, 2.75) is 24.8 Å². The van der Waals surface area contributed by atoms with Crippen LogP contribution in [-0.2, 0) is 14.8 Å². The van der Waals surface area contributed by atoms with Crippen molar-refractivity contribution in [3.05, 3.63) is 87.9 Å². The van der Waals surface area contributed by atoms with Crippen molar-refractivity contribution in [2.24, 2.45) is 0 Å². The highest BCUT2D eigenvalue weighted by molar-refractivity contribution is 7.93. The van der Waals surface area contributed by atoms with Gasteiger partial charge in [-0.25, -0.2) is 8.42 Å². The SMILES string of the molecule is COc1ccc(C)cc1S(=O)(=O)N(CC(=O)N[C@@H](C)c1ccc(Cl)cc1)c1ccc(Cl)cc1. The summed E-state index contributed by atoms with van der Waals surface area (Å²) in [6, 6.07) is 17.8. The van der Waals surface area contributed by atoms with Crippen LogP contribution in [0.3, 0.4) is 0 Å². The van der Waals surface area contributed by atoms with Crippen LogP contribution in [0.15, 0.2) is 71.6 Å². The Morgan fingerprint density at radius 2 is 1.58 bits per heavy atom. The van der Waals surface area contributed by atoms with E-state index in [1.807, 2.05) is 6.92 Å². The third kappa shape index (κ3) is 5.99. The average Bonchev–Trinajstić information content (AvgIpc) is 2.78. The summed E-state index contributed by atoms with van der Waals surface area (Å²) >= 11 is 11.9. The summed E-state index contributed by atoms with van der Waals surface area (Å²) in [5.74, 6) is -0.280. The lowest BCUT2D eigenvalue weighted by Crippen LogP contribution is -2.41. The lowest BCUT2D eigenvalue weighted by atomic mass is 10.1. The predicted octanol–water partition coefficient (Wildman–Crippen LogP) is 5.38. The van der Waals surface area contributed by atoms with E-state index in [4.69, 9.17) is 27.9 Å². The number of rotatable bonds is 8. The molecule has 0 aromatic heterocycles. The number of sulfonamides is 1. The number of halogens is 2.